The van der Waals surface area contributed by atoms with E-state index in [-0.39, 0.29) is 30.3 Å². The molecule has 0 amide bonds. The van der Waals surface area contributed by atoms with E-state index in [1.807, 2.05) is 0 Å². The van der Waals surface area contributed by atoms with Gasteiger partial charge in [0.1, 0.15) is 5.83 Å². The fourth-order valence-electron chi connectivity index (χ4n) is 2.70. The van der Waals surface area contributed by atoms with Crippen molar-refractivity contribution in [3.63, 3.8) is 0 Å². The van der Waals surface area contributed by atoms with Crippen LogP contribution < -0.4 is 0 Å². The quantitative estimate of drug-likeness (QED) is 0.520. The van der Waals surface area contributed by atoms with Gasteiger partial charge in [0.2, 0.25) is 0 Å². The largest absolute Gasteiger partial charge is 0.348 e. The Bertz CT molecular complexity index is 797. The zero-order valence-corrected chi connectivity index (χ0v) is 13.7. The average Bonchev–Trinajstić information content (AvgIpc) is 2.65. The summed E-state index contributed by atoms with van der Waals surface area (Å²) < 4.78 is 77.0. The summed E-state index contributed by atoms with van der Waals surface area (Å²) in [5, 5.41) is 0. The average molecular weight is 370 g/mol. The lowest BCUT2D eigenvalue weighted by Crippen LogP contribution is -2.26. The summed E-state index contributed by atoms with van der Waals surface area (Å²) in [6.07, 6.45) is -1.01. The van der Waals surface area contributed by atoms with Gasteiger partial charge < -0.3 is 9.47 Å². The molecular formula is C19H15F5O2. The maximum absolute atomic E-state index is 13.5. The summed E-state index contributed by atoms with van der Waals surface area (Å²) in [6.45, 7) is 1.41. The number of rotatable bonds is 3. The zero-order chi connectivity index (χ0) is 18.8. The summed E-state index contributed by atoms with van der Waals surface area (Å²) in [5.74, 6) is -6.19. The molecule has 3 rings (SSSR count). The van der Waals surface area contributed by atoms with Crippen LogP contribution in [0.5, 0.6) is 0 Å². The predicted molar refractivity (Wildman–Crippen MR) is 85.0 cm³/mol. The molecule has 1 heterocycles. The van der Waals surface area contributed by atoms with Crippen molar-refractivity contribution in [1.82, 2.24) is 0 Å². The number of hydrogen-bond donors (Lipinski definition) is 0. The highest BCUT2D eigenvalue weighted by Gasteiger charge is 2.26. The fraction of sp³-hybridized carbons (Fsp3) is 0.263. The lowest BCUT2D eigenvalue weighted by atomic mass is 9.98. The summed E-state index contributed by atoms with van der Waals surface area (Å²) in [4.78, 5) is 0. The standard InChI is InChI=1S/C19H15F5O2/c1-10(20)17(23)12-4-2-11(3-5-12)14-8-25-19(26-9-14)13-6-15(21)18(24)16(22)7-13/h2-7,14,19H,8-9H2,1H3/b17-10+. The van der Waals surface area contributed by atoms with Crippen LogP contribution in [0.15, 0.2) is 42.2 Å². The Morgan fingerprint density at radius 3 is 1.92 bits per heavy atom. The van der Waals surface area contributed by atoms with Crippen molar-refractivity contribution in [2.75, 3.05) is 13.2 Å². The van der Waals surface area contributed by atoms with Gasteiger partial charge in [0.05, 0.1) is 13.2 Å². The predicted octanol–water partition coefficient (Wildman–Crippen LogP) is 5.56. The Hall–Kier alpha value is -2.25. The van der Waals surface area contributed by atoms with E-state index in [4.69, 9.17) is 9.47 Å². The zero-order valence-electron chi connectivity index (χ0n) is 13.7. The van der Waals surface area contributed by atoms with E-state index in [1.54, 1.807) is 12.1 Å². The molecule has 2 aromatic carbocycles. The molecular weight excluding hydrogens is 355 g/mol. The monoisotopic (exact) mass is 370 g/mol. The van der Waals surface area contributed by atoms with Gasteiger partial charge in [-0.3, -0.25) is 0 Å². The molecule has 0 atom stereocenters. The SMILES string of the molecule is C/C(F)=C(\F)c1ccc(C2COC(c3cc(F)c(F)c(F)c3)OC2)cc1. The number of hydrogen-bond acceptors (Lipinski definition) is 2. The van der Waals surface area contributed by atoms with Crippen LogP contribution in [0.25, 0.3) is 5.83 Å². The lowest BCUT2D eigenvalue weighted by Gasteiger charge is -2.30. The van der Waals surface area contributed by atoms with E-state index >= 15 is 0 Å². The summed E-state index contributed by atoms with van der Waals surface area (Å²) >= 11 is 0. The molecule has 2 aromatic rings. The van der Waals surface area contributed by atoms with Gasteiger partial charge in [0.15, 0.2) is 29.6 Å². The first kappa shape index (κ1) is 18.5. The second-order valence-corrected chi connectivity index (χ2v) is 5.96. The molecule has 0 bridgehead atoms. The smallest absolute Gasteiger partial charge is 0.194 e. The van der Waals surface area contributed by atoms with E-state index < -0.39 is 35.4 Å². The normalized spacial score (nSPS) is 21.5. The van der Waals surface area contributed by atoms with Crippen molar-refractivity contribution in [1.29, 1.82) is 0 Å². The Balaban J connectivity index is 1.68. The van der Waals surface area contributed by atoms with Crippen LogP contribution in [-0.2, 0) is 9.47 Å². The molecule has 1 aliphatic rings. The van der Waals surface area contributed by atoms with Crippen LogP contribution in [0.3, 0.4) is 0 Å². The molecule has 7 heteroatoms. The molecule has 2 nitrogen and oxygen atoms in total. The number of ether oxygens (including phenoxy) is 2. The highest BCUT2D eigenvalue weighted by molar-refractivity contribution is 5.60. The van der Waals surface area contributed by atoms with Crippen LogP contribution in [-0.4, -0.2) is 13.2 Å². The van der Waals surface area contributed by atoms with Crippen molar-refractivity contribution in [2.24, 2.45) is 0 Å². The molecule has 0 spiro atoms. The lowest BCUT2D eigenvalue weighted by molar-refractivity contribution is -0.192. The van der Waals surface area contributed by atoms with Crippen molar-refractivity contribution in [3.8, 4) is 0 Å². The van der Waals surface area contributed by atoms with Crippen LogP contribution in [0.4, 0.5) is 22.0 Å². The van der Waals surface area contributed by atoms with E-state index in [9.17, 15) is 22.0 Å². The van der Waals surface area contributed by atoms with Crippen molar-refractivity contribution in [3.05, 3.63) is 76.4 Å². The molecule has 0 aliphatic carbocycles. The number of benzene rings is 2. The Morgan fingerprint density at radius 2 is 1.42 bits per heavy atom. The highest BCUT2D eigenvalue weighted by Crippen LogP contribution is 2.32. The second kappa shape index (κ2) is 7.55. The van der Waals surface area contributed by atoms with E-state index in [0.717, 1.165) is 24.6 Å². The molecule has 26 heavy (non-hydrogen) atoms. The topological polar surface area (TPSA) is 18.5 Å². The van der Waals surface area contributed by atoms with Gasteiger partial charge in [0.25, 0.3) is 0 Å². The maximum Gasteiger partial charge on any atom is 0.194 e. The van der Waals surface area contributed by atoms with Crippen molar-refractivity contribution < 1.29 is 31.4 Å². The van der Waals surface area contributed by atoms with Gasteiger partial charge in [-0.25, -0.2) is 22.0 Å². The summed E-state index contributed by atoms with van der Waals surface area (Å²) in [7, 11) is 0. The van der Waals surface area contributed by atoms with E-state index in [2.05, 4.69) is 0 Å². The minimum absolute atomic E-state index is 0.0424. The Labute approximate surface area is 146 Å². The summed E-state index contributed by atoms with van der Waals surface area (Å²) in [6, 6.07) is 7.81. The molecule has 0 unspecified atom stereocenters. The second-order valence-electron chi connectivity index (χ2n) is 5.96. The van der Waals surface area contributed by atoms with E-state index in [0.29, 0.717) is 0 Å². The molecule has 0 radical (unpaired) electrons. The molecule has 138 valence electrons. The third kappa shape index (κ3) is 3.78. The first-order chi connectivity index (χ1) is 12.4. The van der Waals surface area contributed by atoms with Gasteiger partial charge >= 0.3 is 0 Å². The minimum Gasteiger partial charge on any atom is -0.348 e. The van der Waals surface area contributed by atoms with Gasteiger partial charge in [-0.1, -0.05) is 24.3 Å². The molecule has 0 saturated carbocycles. The van der Waals surface area contributed by atoms with Gasteiger partial charge in [-0.05, 0) is 24.6 Å². The number of allylic oxidation sites excluding steroid dienone is 1. The molecule has 0 N–H and O–H groups in total. The first-order valence-corrected chi connectivity index (χ1v) is 7.86. The minimum atomic E-state index is -1.55. The fourth-order valence-corrected chi connectivity index (χ4v) is 2.70. The van der Waals surface area contributed by atoms with Crippen molar-refractivity contribution >= 4 is 5.83 Å². The van der Waals surface area contributed by atoms with Crippen LogP contribution in [0.1, 0.15) is 35.8 Å². The molecule has 1 fully saturated rings. The van der Waals surface area contributed by atoms with Crippen LogP contribution in [0, 0.1) is 17.5 Å². The Morgan fingerprint density at radius 1 is 0.885 bits per heavy atom. The molecule has 0 aromatic heterocycles. The third-order valence-corrected chi connectivity index (χ3v) is 4.11. The maximum atomic E-state index is 13.5. The highest BCUT2D eigenvalue weighted by atomic mass is 19.2. The third-order valence-electron chi connectivity index (χ3n) is 4.11. The van der Waals surface area contributed by atoms with Crippen LogP contribution in [0.2, 0.25) is 0 Å². The first-order valence-electron chi connectivity index (χ1n) is 7.86. The van der Waals surface area contributed by atoms with Gasteiger partial charge in [-0.15, -0.1) is 0 Å². The molecule has 1 saturated heterocycles. The van der Waals surface area contributed by atoms with Crippen molar-refractivity contribution in [2.45, 2.75) is 19.1 Å². The number of halogens is 5. The molecule has 1 aliphatic heterocycles. The van der Waals surface area contributed by atoms with Gasteiger partial charge in [0, 0.05) is 17.0 Å². The summed E-state index contributed by atoms with van der Waals surface area (Å²) in [5.41, 5.74) is 0.954. The van der Waals surface area contributed by atoms with Crippen LogP contribution >= 0.6 is 0 Å². The Kier molecular flexibility index (Phi) is 5.38. The van der Waals surface area contributed by atoms with E-state index in [1.165, 1.54) is 12.1 Å². The van der Waals surface area contributed by atoms with Gasteiger partial charge in [-0.2, -0.15) is 0 Å².